The molecule has 5 nitrogen and oxygen atoms in total. The SMILES string of the molecule is Nc1nc(N)nc(-c2ccc(Br)c(F)c2)n1. The van der Waals surface area contributed by atoms with E-state index >= 15 is 0 Å². The summed E-state index contributed by atoms with van der Waals surface area (Å²) in [5, 5.41) is 0. The summed E-state index contributed by atoms with van der Waals surface area (Å²) in [6, 6.07) is 4.50. The molecule has 1 heterocycles. The molecule has 7 heteroatoms. The van der Waals surface area contributed by atoms with Gasteiger partial charge in [-0.05, 0) is 34.1 Å². The molecule has 0 unspecified atom stereocenters. The van der Waals surface area contributed by atoms with Crippen LogP contribution in [-0.2, 0) is 0 Å². The molecule has 1 aromatic carbocycles. The summed E-state index contributed by atoms with van der Waals surface area (Å²) >= 11 is 3.05. The van der Waals surface area contributed by atoms with E-state index in [1.807, 2.05) is 0 Å². The van der Waals surface area contributed by atoms with Crippen LogP contribution in [0.2, 0.25) is 0 Å². The van der Waals surface area contributed by atoms with Gasteiger partial charge in [0.15, 0.2) is 5.82 Å². The highest BCUT2D eigenvalue weighted by atomic mass is 79.9. The van der Waals surface area contributed by atoms with Crippen molar-refractivity contribution in [2.24, 2.45) is 0 Å². The third-order valence-corrected chi connectivity index (χ3v) is 2.49. The molecule has 0 saturated heterocycles. The molecule has 82 valence electrons. The summed E-state index contributed by atoms with van der Waals surface area (Å²) < 4.78 is 13.7. The standard InChI is InChI=1S/C9H7BrFN5/c10-5-2-1-4(3-6(5)11)7-14-8(12)16-9(13)15-7/h1-3H,(H4,12,13,14,15,16). The van der Waals surface area contributed by atoms with Gasteiger partial charge in [-0.1, -0.05) is 0 Å². The van der Waals surface area contributed by atoms with Gasteiger partial charge in [0, 0.05) is 5.56 Å². The highest BCUT2D eigenvalue weighted by Crippen LogP contribution is 2.22. The smallest absolute Gasteiger partial charge is 0.225 e. The Hall–Kier alpha value is -1.76. The molecular formula is C9H7BrFN5. The molecule has 2 rings (SSSR count). The van der Waals surface area contributed by atoms with Crippen molar-refractivity contribution in [3.63, 3.8) is 0 Å². The molecule has 0 amide bonds. The average Bonchev–Trinajstić information content (AvgIpc) is 2.20. The van der Waals surface area contributed by atoms with Crippen molar-refractivity contribution in [3.05, 3.63) is 28.5 Å². The van der Waals surface area contributed by atoms with Gasteiger partial charge in [0.05, 0.1) is 4.47 Å². The zero-order valence-electron chi connectivity index (χ0n) is 7.98. The second-order valence-corrected chi connectivity index (χ2v) is 3.86. The van der Waals surface area contributed by atoms with Gasteiger partial charge in [-0.15, -0.1) is 0 Å². The van der Waals surface area contributed by atoms with E-state index in [4.69, 9.17) is 11.5 Å². The van der Waals surface area contributed by atoms with Gasteiger partial charge >= 0.3 is 0 Å². The highest BCUT2D eigenvalue weighted by molar-refractivity contribution is 9.10. The molecule has 0 saturated carbocycles. The lowest BCUT2D eigenvalue weighted by Crippen LogP contribution is -2.04. The lowest BCUT2D eigenvalue weighted by atomic mass is 10.2. The van der Waals surface area contributed by atoms with E-state index in [1.165, 1.54) is 6.07 Å². The monoisotopic (exact) mass is 283 g/mol. The zero-order valence-corrected chi connectivity index (χ0v) is 9.57. The summed E-state index contributed by atoms with van der Waals surface area (Å²) in [6.07, 6.45) is 0. The Morgan fingerprint density at radius 1 is 1.06 bits per heavy atom. The molecule has 16 heavy (non-hydrogen) atoms. The fraction of sp³-hybridized carbons (Fsp3) is 0. The maximum atomic E-state index is 13.3. The number of halogens is 2. The predicted molar refractivity (Wildman–Crippen MR) is 61.7 cm³/mol. The molecule has 0 aliphatic rings. The lowest BCUT2D eigenvalue weighted by molar-refractivity contribution is 0.621. The Balaban J connectivity index is 2.54. The van der Waals surface area contributed by atoms with Crippen LogP contribution >= 0.6 is 15.9 Å². The molecule has 0 aliphatic heterocycles. The Morgan fingerprint density at radius 2 is 1.69 bits per heavy atom. The van der Waals surface area contributed by atoms with E-state index in [0.717, 1.165) is 0 Å². The summed E-state index contributed by atoms with van der Waals surface area (Å²) in [7, 11) is 0. The van der Waals surface area contributed by atoms with Crippen LogP contribution < -0.4 is 11.5 Å². The van der Waals surface area contributed by atoms with E-state index in [0.29, 0.717) is 10.0 Å². The maximum absolute atomic E-state index is 13.3. The Bertz CT molecular complexity index is 525. The first kappa shape index (κ1) is 10.7. The van der Waals surface area contributed by atoms with Gasteiger partial charge in [0.25, 0.3) is 0 Å². The molecule has 1 aromatic heterocycles. The third-order valence-electron chi connectivity index (χ3n) is 1.85. The quantitative estimate of drug-likeness (QED) is 0.830. The Kier molecular flexibility index (Phi) is 2.69. The van der Waals surface area contributed by atoms with E-state index in [1.54, 1.807) is 12.1 Å². The number of aromatic nitrogens is 3. The fourth-order valence-corrected chi connectivity index (χ4v) is 1.42. The van der Waals surface area contributed by atoms with Crippen LogP contribution in [0.5, 0.6) is 0 Å². The average molecular weight is 284 g/mol. The van der Waals surface area contributed by atoms with Gasteiger partial charge in [-0.2, -0.15) is 15.0 Å². The number of nitrogen functional groups attached to an aromatic ring is 2. The van der Waals surface area contributed by atoms with Crippen molar-refractivity contribution in [2.75, 3.05) is 11.5 Å². The first-order valence-electron chi connectivity index (χ1n) is 4.28. The summed E-state index contributed by atoms with van der Waals surface area (Å²) in [5.74, 6) is -0.150. The largest absolute Gasteiger partial charge is 0.368 e. The molecule has 0 radical (unpaired) electrons. The molecule has 0 aliphatic carbocycles. The maximum Gasteiger partial charge on any atom is 0.225 e. The summed E-state index contributed by atoms with van der Waals surface area (Å²) in [4.78, 5) is 11.4. The van der Waals surface area contributed by atoms with Gasteiger partial charge < -0.3 is 11.5 Å². The van der Waals surface area contributed by atoms with E-state index in [-0.39, 0.29) is 17.7 Å². The highest BCUT2D eigenvalue weighted by Gasteiger charge is 2.07. The van der Waals surface area contributed by atoms with Crippen molar-refractivity contribution in [3.8, 4) is 11.4 Å². The Morgan fingerprint density at radius 3 is 2.25 bits per heavy atom. The van der Waals surface area contributed by atoms with Crippen molar-refractivity contribution < 1.29 is 4.39 Å². The molecule has 2 aromatic rings. The van der Waals surface area contributed by atoms with Crippen molar-refractivity contribution in [1.82, 2.24) is 15.0 Å². The lowest BCUT2D eigenvalue weighted by Gasteiger charge is -2.02. The first-order valence-corrected chi connectivity index (χ1v) is 5.08. The number of benzene rings is 1. The predicted octanol–water partition coefficient (Wildman–Crippen LogP) is 1.60. The minimum absolute atomic E-state index is 0.00540. The number of hydrogen-bond donors (Lipinski definition) is 2. The van der Waals surface area contributed by atoms with Gasteiger partial charge in [-0.25, -0.2) is 4.39 Å². The minimum Gasteiger partial charge on any atom is -0.368 e. The Labute approximate surface area is 98.9 Å². The second-order valence-electron chi connectivity index (χ2n) is 3.00. The molecule has 0 atom stereocenters. The van der Waals surface area contributed by atoms with Crippen LogP contribution in [0.4, 0.5) is 16.3 Å². The van der Waals surface area contributed by atoms with E-state index in [9.17, 15) is 4.39 Å². The van der Waals surface area contributed by atoms with Crippen molar-refractivity contribution in [2.45, 2.75) is 0 Å². The van der Waals surface area contributed by atoms with E-state index in [2.05, 4.69) is 30.9 Å². The second kappa shape index (κ2) is 4.01. The number of anilines is 2. The molecular weight excluding hydrogens is 277 g/mol. The first-order chi connectivity index (χ1) is 7.56. The van der Waals surface area contributed by atoms with Crippen LogP contribution in [0.15, 0.2) is 22.7 Å². The number of nitrogens with zero attached hydrogens (tertiary/aromatic N) is 3. The molecule has 0 spiro atoms. The summed E-state index contributed by atoms with van der Waals surface area (Å²) in [6.45, 7) is 0. The van der Waals surface area contributed by atoms with Gasteiger partial charge in [-0.3, -0.25) is 0 Å². The molecule has 4 N–H and O–H groups in total. The zero-order chi connectivity index (χ0) is 11.7. The van der Waals surface area contributed by atoms with Crippen molar-refractivity contribution in [1.29, 1.82) is 0 Å². The van der Waals surface area contributed by atoms with Crippen LogP contribution in [0.1, 0.15) is 0 Å². The molecule has 0 bridgehead atoms. The van der Waals surface area contributed by atoms with Crippen molar-refractivity contribution >= 4 is 27.8 Å². The van der Waals surface area contributed by atoms with E-state index < -0.39 is 5.82 Å². The van der Waals surface area contributed by atoms with Crippen LogP contribution in [0.3, 0.4) is 0 Å². The number of hydrogen-bond acceptors (Lipinski definition) is 5. The van der Waals surface area contributed by atoms with Crippen LogP contribution in [-0.4, -0.2) is 15.0 Å². The fourth-order valence-electron chi connectivity index (χ4n) is 1.17. The summed E-state index contributed by atoms with van der Waals surface area (Å²) in [5.41, 5.74) is 11.3. The van der Waals surface area contributed by atoms with Gasteiger partial charge in [0.2, 0.25) is 11.9 Å². The third kappa shape index (κ3) is 2.08. The van der Waals surface area contributed by atoms with Crippen LogP contribution in [0, 0.1) is 5.82 Å². The normalized spacial score (nSPS) is 10.4. The minimum atomic E-state index is -0.407. The molecule has 0 fully saturated rings. The van der Waals surface area contributed by atoms with Crippen LogP contribution in [0.25, 0.3) is 11.4 Å². The van der Waals surface area contributed by atoms with Gasteiger partial charge in [0.1, 0.15) is 5.82 Å². The topological polar surface area (TPSA) is 90.7 Å². The number of rotatable bonds is 1. The number of nitrogens with two attached hydrogens (primary N) is 2.